The van der Waals surface area contributed by atoms with Crippen molar-refractivity contribution in [2.45, 2.75) is 71.8 Å². The van der Waals surface area contributed by atoms with E-state index in [0.717, 1.165) is 31.1 Å². The molecular weight excluding hydrogens is 238 g/mol. The maximum absolute atomic E-state index is 12.6. The van der Waals surface area contributed by atoms with Gasteiger partial charge in [-0.2, -0.15) is 0 Å². The van der Waals surface area contributed by atoms with Crippen LogP contribution in [0.2, 0.25) is 0 Å². The first-order chi connectivity index (χ1) is 8.70. The third kappa shape index (κ3) is 2.42. The normalized spacial score (nSPS) is 44.4. The Morgan fingerprint density at radius 1 is 1.16 bits per heavy atom. The molecule has 0 radical (unpaired) electrons. The summed E-state index contributed by atoms with van der Waals surface area (Å²) in [5, 5.41) is 0. The van der Waals surface area contributed by atoms with Gasteiger partial charge < -0.3 is 0 Å². The van der Waals surface area contributed by atoms with Crippen molar-refractivity contribution in [3.8, 4) is 0 Å². The lowest BCUT2D eigenvalue weighted by atomic mass is 9.44. The highest BCUT2D eigenvalue weighted by Crippen LogP contribution is 2.65. The molecule has 19 heavy (non-hydrogen) atoms. The van der Waals surface area contributed by atoms with Crippen molar-refractivity contribution in [2.24, 2.45) is 22.7 Å². The van der Waals surface area contributed by atoms with Gasteiger partial charge >= 0.3 is 0 Å². The molecule has 0 heterocycles. The lowest BCUT2D eigenvalue weighted by molar-refractivity contribution is -0.176. The van der Waals surface area contributed by atoms with Crippen LogP contribution < -0.4 is 5.48 Å². The third-order valence-electron chi connectivity index (χ3n) is 5.29. The molecule has 0 aromatic heterocycles. The minimum Gasteiger partial charge on any atom is -0.272 e. The Balaban J connectivity index is 1.74. The highest BCUT2D eigenvalue weighted by atomic mass is 16.7. The van der Waals surface area contributed by atoms with Crippen molar-refractivity contribution >= 4 is 5.91 Å². The molecule has 3 nitrogen and oxygen atoms in total. The molecule has 1 N–H and O–H groups in total. The van der Waals surface area contributed by atoms with Gasteiger partial charge in [-0.3, -0.25) is 9.63 Å². The molecule has 0 spiro atoms. The third-order valence-corrected chi connectivity index (χ3v) is 5.29. The lowest BCUT2D eigenvalue weighted by Crippen LogP contribution is -2.57. The van der Waals surface area contributed by atoms with Crippen LogP contribution in [0, 0.1) is 22.7 Å². The SMILES string of the molecule is CC12CC3CC(C1)CC(C(=O)NOC(C)(C)C)(C3)C2. The van der Waals surface area contributed by atoms with E-state index in [1.54, 1.807) is 0 Å². The standard InChI is InChI=1S/C16H27NO2/c1-14(2,3)19-17-13(18)16-8-11-5-12(9-16)7-15(4,6-11)10-16/h11-12H,5-10H2,1-4H3,(H,17,18). The highest BCUT2D eigenvalue weighted by Gasteiger charge is 2.59. The van der Waals surface area contributed by atoms with Crippen molar-refractivity contribution in [2.75, 3.05) is 0 Å². The van der Waals surface area contributed by atoms with Gasteiger partial charge in [0.2, 0.25) is 5.91 Å². The van der Waals surface area contributed by atoms with Gasteiger partial charge in [0, 0.05) is 0 Å². The summed E-state index contributed by atoms with van der Waals surface area (Å²) >= 11 is 0. The fourth-order valence-electron chi connectivity index (χ4n) is 5.29. The van der Waals surface area contributed by atoms with Gasteiger partial charge in [-0.05, 0) is 76.5 Å². The van der Waals surface area contributed by atoms with Gasteiger partial charge in [-0.25, -0.2) is 5.48 Å². The largest absolute Gasteiger partial charge is 0.272 e. The molecule has 0 aliphatic heterocycles. The number of hydrogen-bond donors (Lipinski definition) is 1. The average Bonchev–Trinajstić information content (AvgIpc) is 2.21. The van der Waals surface area contributed by atoms with Crippen molar-refractivity contribution in [1.29, 1.82) is 0 Å². The number of rotatable bonds is 2. The van der Waals surface area contributed by atoms with Crippen molar-refractivity contribution < 1.29 is 9.63 Å². The summed E-state index contributed by atoms with van der Waals surface area (Å²) in [6, 6.07) is 0. The summed E-state index contributed by atoms with van der Waals surface area (Å²) in [4.78, 5) is 18.2. The predicted octanol–water partition coefficient (Wildman–Crippen LogP) is 3.44. The number of amides is 1. The van der Waals surface area contributed by atoms with E-state index in [1.807, 2.05) is 20.8 Å². The molecule has 4 saturated carbocycles. The van der Waals surface area contributed by atoms with Crippen LogP contribution in [0.1, 0.15) is 66.2 Å². The molecule has 0 aromatic carbocycles. The van der Waals surface area contributed by atoms with E-state index < -0.39 is 0 Å². The smallest absolute Gasteiger partial charge is 0.249 e. The second-order valence-corrected chi connectivity index (χ2v) is 8.70. The van der Waals surface area contributed by atoms with Gasteiger partial charge in [0.25, 0.3) is 0 Å². The van der Waals surface area contributed by atoms with E-state index in [1.165, 1.54) is 19.3 Å². The molecule has 108 valence electrons. The predicted molar refractivity (Wildman–Crippen MR) is 74.2 cm³/mol. The Bertz CT molecular complexity index is 382. The van der Waals surface area contributed by atoms with E-state index in [9.17, 15) is 4.79 Å². The summed E-state index contributed by atoms with van der Waals surface area (Å²) in [5.74, 6) is 1.68. The van der Waals surface area contributed by atoms with Crippen LogP contribution in [0.4, 0.5) is 0 Å². The Labute approximate surface area is 116 Å². The molecule has 0 aromatic rings. The number of carbonyl (C=O) groups excluding carboxylic acids is 1. The summed E-state index contributed by atoms with van der Waals surface area (Å²) in [6.07, 6.45) is 7.24. The zero-order chi connectivity index (χ0) is 13.9. The van der Waals surface area contributed by atoms with Crippen LogP contribution in [-0.4, -0.2) is 11.5 Å². The first-order valence-corrected chi connectivity index (χ1v) is 7.68. The monoisotopic (exact) mass is 265 g/mol. The molecule has 4 bridgehead atoms. The van der Waals surface area contributed by atoms with E-state index in [4.69, 9.17) is 4.84 Å². The molecule has 1 amide bonds. The second kappa shape index (κ2) is 3.97. The van der Waals surface area contributed by atoms with E-state index in [0.29, 0.717) is 5.41 Å². The van der Waals surface area contributed by atoms with Crippen molar-refractivity contribution in [3.63, 3.8) is 0 Å². The summed E-state index contributed by atoms with van der Waals surface area (Å²) < 4.78 is 0. The Hall–Kier alpha value is -0.570. The Kier molecular flexibility index (Phi) is 2.80. The highest BCUT2D eigenvalue weighted by molar-refractivity contribution is 5.82. The number of carbonyl (C=O) groups is 1. The van der Waals surface area contributed by atoms with Gasteiger partial charge in [0.15, 0.2) is 0 Å². The first-order valence-electron chi connectivity index (χ1n) is 7.68. The molecular formula is C16H27NO2. The minimum absolute atomic E-state index is 0.135. The fraction of sp³-hybridized carbons (Fsp3) is 0.938. The fourth-order valence-corrected chi connectivity index (χ4v) is 5.29. The van der Waals surface area contributed by atoms with Crippen LogP contribution in [0.3, 0.4) is 0 Å². The minimum atomic E-state index is -0.318. The lowest BCUT2D eigenvalue weighted by Gasteiger charge is -2.60. The number of hydrogen-bond acceptors (Lipinski definition) is 2. The van der Waals surface area contributed by atoms with Crippen LogP contribution in [-0.2, 0) is 9.63 Å². The van der Waals surface area contributed by atoms with Crippen LogP contribution >= 0.6 is 0 Å². The van der Waals surface area contributed by atoms with Gasteiger partial charge in [-0.15, -0.1) is 0 Å². The molecule has 0 saturated heterocycles. The van der Waals surface area contributed by atoms with Gasteiger partial charge in [0.05, 0.1) is 11.0 Å². The maximum atomic E-state index is 12.6. The molecule has 4 aliphatic carbocycles. The number of hydroxylamine groups is 1. The first kappa shape index (κ1) is 13.4. The molecule has 2 atom stereocenters. The maximum Gasteiger partial charge on any atom is 0.249 e. The second-order valence-electron chi connectivity index (χ2n) is 8.70. The van der Waals surface area contributed by atoms with Crippen LogP contribution in [0.15, 0.2) is 0 Å². The van der Waals surface area contributed by atoms with Crippen LogP contribution in [0.25, 0.3) is 0 Å². The topological polar surface area (TPSA) is 38.3 Å². The number of nitrogens with one attached hydrogen (secondary N) is 1. The molecule has 2 unspecified atom stereocenters. The average molecular weight is 265 g/mol. The van der Waals surface area contributed by atoms with Crippen molar-refractivity contribution in [1.82, 2.24) is 5.48 Å². The van der Waals surface area contributed by atoms with Gasteiger partial charge in [-0.1, -0.05) is 6.92 Å². The summed E-state index contributed by atoms with van der Waals surface area (Å²) in [7, 11) is 0. The van der Waals surface area contributed by atoms with E-state index in [2.05, 4.69) is 12.4 Å². The molecule has 3 heteroatoms. The van der Waals surface area contributed by atoms with Gasteiger partial charge in [0.1, 0.15) is 0 Å². The van der Waals surface area contributed by atoms with E-state index in [-0.39, 0.29) is 16.9 Å². The zero-order valence-corrected chi connectivity index (χ0v) is 12.7. The van der Waals surface area contributed by atoms with E-state index >= 15 is 0 Å². The Morgan fingerprint density at radius 2 is 1.74 bits per heavy atom. The van der Waals surface area contributed by atoms with Crippen LogP contribution in [0.5, 0.6) is 0 Å². The summed E-state index contributed by atoms with van der Waals surface area (Å²) in [5.41, 5.74) is 2.71. The quantitative estimate of drug-likeness (QED) is 0.777. The molecule has 4 aliphatic rings. The molecule has 4 fully saturated rings. The zero-order valence-electron chi connectivity index (χ0n) is 12.7. The Morgan fingerprint density at radius 3 is 2.21 bits per heavy atom. The summed E-state index contributed by atoms with van der Waals surface area (Å²) in [6.45, 7) is 8.29. The van der Waals surface area contributed by atoms with Crippen molar-refractivity contribution in [3.05, 3.63) is 0 Å². The molecule has 4 rings (SSSR count).